The average Bonchev–Trinajstić information content (AvgIpc) is 3.03. The van der Waals surface area contributed by atoms with Gasteiger partial charge in [0.15, 0.2) is 9.84 Å². The van der Waals surface area contributed by atoms with Gasteiger partial charge in [0.1, 0.15) is 11.5 Å². The summed E-state index contributed by atoms with van der Waals surface area (Å²) in [4.78, 5) is 19.6. The van der Waals surface area contributed by atoms with Crippen molar-refractivity contribution in [2.75, 3.05) is 26.2 Å². The molecule has 1 aromatic heterocycles. The summed E-state index contributed by atoms with van der Waals surface area (Å²) >= 11 is 0. The van der Waals surface area contributed by atoms with Gasteiger partial charge in [-0.3, -0.25) is 4.79 Å². The van der Waals surface area contributed by atoms with Crippen molar-refractivity contribution in [2.45, 2.75) is 43.3 Å². The molecule has 1 fully saturated rings. The second-order valence-corrected chi connectivity index (χ2v) is 10.7. The molecular weight excluding hydrogens is 450 g/mol. The lowest BCUT2D eigenvalue weighted by molar-refractivity contribution is 0.0948. The summed E-state index contributed by atoms with van der Waals surface area (Å²) in [6, 6.07) is 15.3. The fourth-order valence-corrected chi connectivity index (χ4v) is 5.50. The number of aryl methyl sites for hydroxylation is 1. The highest BCUT2D eigenvalue weighted by Gasteiger charge is 2.21. The Morgan fingerprint density at radius 3 is 2.35 bits per heavy atom. The number of carbonyl (C=O) groups excluding carboxylic acids is 1. The Bertz CT molecular complexity index is 1200. The van der Waals surface area contributed by atoms with Gasteiger partial charge in [-0.15, -0.1) is 0 Å². The normalized spacial score (nSPS) is 15.1. The van der Waals surface area contributed by atoms with E-state index >= 15 is 0 Å². The number of amides is 1. The minimum Gasteiger partial charge on any atom is -0.441 e. The SMILES string of the molecule is Cc1oc(-c2ccc(C(=O)NCCN3CCCCCC3)cc2)nc1CS(=O)(=O)c1ccccc1. The number of nitrogens with zero attached hydrogens (tertiary/aromatic N) is 2. The van der Waals surface area contributed by atoms with Crippen LogP contribution in [0.2, 0.25) is 0 Å². The van der Waals surface area contributed by atoms with Gasteiger partial charge < -0.3 is 14.6 Å². The van der Waals surface area contributed by atoms with E-state index in [9.17, 15) is 13.2 Å². The van der Waals surface area contributed by atoms with Gasteiger partial charge in [0, 0.05) is 24.2 Å². The number of sulfone groups is 1. The molecule has 0 radical (unpaired) electrons. The fourth-order valence-electron chi connectivity index (χ4n) is 4.13. The minimum absolute atomic E-state index is 0.111. The zero-order valence-corrected chi connectivity index (χ0v) is 20.3. The van der Waals surface area contributed by atoms with Crippen molar-refractivity contribution >= 4 is 15.7 Å². The predicted molar refractivity (Wildman–Crippen MR) is 131 cm³/mol. The summed E-state index contributed by atoms with van der Waals surface area (Å²) in [6.07, 6.45) is 5.05. The fraction of sp³-hybridized carbons (Fsp3) is 0.385. The Balaban J connectivity index is 1.36. The van der Waals surface area contributed by atoms with Gasteiger partial charge in [-0.05, 0) is 69.3 Å². The number of carbonyl (C=O) groups is 1. The molecule has 1 saturated heterocycles. The van der Waals surface area contributed by atoms with Crippen molar-refractivity contribution in [2.24, 2.45) is 0 Å². The van der Waals surface area contributed by atoms with Crippen LogP contribution in [0.1, 0.15) is 47.5 Å². The Hall–Kier alpha value is -2.97. The molecule has 34 heavy (non-hydrogen) atoms. The Morgan fingerprint density at radius 1 is 1.00 bits per heavy atom. The molecular formula is C26H31N3O4S. The molecule has 1 aliphatic rings. The van der Waals surface area contributed by atoms with Crippen molar-refractivity contribution in [1.82, 2.24) is 15.2 Å². The van der Waals surface area contributed by atoms with E-state index in [-0.39, 0.29) is 16.6 Å². The number of likely N-dealkylation sites (tertiary alicyclic amines) is 1. The van der Waals surface area contributed by atoms with Crippen LogP contribution in [-0.2, 0) is 15.6 Å². The van der Waals surface area contributed by atoms with Crippen LogP contribution in [0.5, 0.6) is 0 Å². The van der Waals surface area contributed by atoms with Crippen LogP contribution in [0.25, 0.3) is 11.5 Å². The number of hydrogen-bond acceptors (Lipinski definition) is 6. The van der Waals surface area contributed by atoms with Crippen LogP contribution in [0.15, 0.2) is 63.9 Å². The number of hydrogen-bond donors (Lipinski definition) is 1. The molecule has 1 amide bonds. The Labute approximate surface area is 201 Å². The van der Waals surface area contributed by atoms with E-state index in [4.69, 9.17) is 4.42 Å². The first-order valence-electron chi connectivity index (χ1n) is 11.8. The Morgan fingerprint density at radius 2 is 1.68 bits per heavy atom. The van der Waals surface area contributed by atoms with Crippen molar-refractivity contribution in [3.8, 4) is 11.5 Å². The minimum atomic E-state index is -3.52. The van der Waals surface area contributed by atoms with E-state index in [1.165, 1.54) is 25.7 Å². The smallest absolute Gasteiger partial charge is 0.251 e. The molecule has 4 rings (SSSR count). The van der Waals surface area contributed by atoms with Gasteiger partial charge in [-0.2, -0.15) is 0 Å². The number of aromatic nitrogens is 1. The molecule has 0 unspecified atom stereocenters. The second kappa shape index (κ2) is 11.0. The first-order valence-corrected chi connectivity index (χ1v) is 13.4. The number of oxazole rings is 1. The molecule has 2 aromatic carbocycles. The van der Waals surface area contributed by atoms with E-state index in [0.717, 1.165) is 19.6 Å². The van der Waals surface area contributed by atoms with Crippen molar-refractivity contribution in [3.05, 3.63) is 71.6 Å². The molecule has 0 aliphatic carbocycles. The molecule has 1 N–H and O–H groups in total. The van der Waals surface area contributed by atoms with Gasteiger partial charge in [-0.1, -0.05) is 31.0 Å². The molecule has 180 valence electrons. The van der Waals surface area contributed by atoms with E-state index in [2.05, 4.69) is 15.2 Å². The van der Waals surface area contributed by atoms with Crippen molar-refractivity contribution < 1.29 is 17.6 Å². The largest absolute Gasteiger partial charge is 0.441 e. The van der Waals surface area contributed by atoms with Gasteiger partial charge >= 0.3 is 0 Å². The molecule has 7 nitrogen and oxygen atoms in total. The molecule has 0 spiro atoms. The van der Waals surface area contributed by atoms with Gasteiger partial charge in [0.25, 0.3) is 5.91 Å². The lowest BCUT2D eigenvalue weighted by Crippen LogP contribution is -2.35. The molecule has 0 saturated carbocycles. The van der Waals surface area contributed by atoms with E-state index in [1.807, 2.05) is 0 Å². The van der Waals surface area contributed by atoms with E-state index in [0.29, 0.717) is 35.0 Å². The monoisotopic (exact) mass is 481 g/mol. The van der Waals surface area contributed by atoms with E-state index < -0.39 is 9.84 Å². The number of nitrogens with one attached hydrogen (secondary N) is 1. The molecule has 8 heteroatoms. The quantitative estimate of drug-likeness (QED) is 0.518. The standard InChI is InChI=1S/C26H31N3O4S/c1-20-24(19-34(31,32)23-9-5-4-6-10-23)28-26(33-20)22-13-11-21(12-14-22)25(30)27-15-18-29-16-7-2-3-8-17-29/h4-6,9-14H,2-3,7-8,15-19H2,1H3,(H,27,30). The topological polar surface area (TPSA) is 92.5 Å². The third kappa shape index (κ3) is 6.12. The van der Waals surface area contributed by atoms with Crippen molar-refractivity contribution in [3.63, 3.8) is 0 Å². The highest BCUT2D eigenvalue weighted by molar-refractivity contribution is 7.90. The maximum atomic E-state index is 12.7. The first-order chi connectivity index (χ1) is 16.4. The molecule has 2 heterocycles. The van der Waals surface area contributed by atoms with Crippen LogP contribution >= 0.6 is 0 Å². The maximum Gasteiger partial charge on any atom is 0.251 e. The predicted octanol–water partition coefficient (Wildman–Crippen LogP) is 4.23. The first kappa shape index (κ1) is 24.2. The molecule has 3 aromatic rings. The second-order valence-electron chi connectivity index (χ2n) is 8.68. The van der Waals surface area contributed by atoms with Gasteiger partial charge in [0.05, 0.1) is 10.6 Å². The zero-order chi connectivity index (χ0) is 24.0. The van der Waals surface area contributed by atoms with Gasteiger partial charge in [0.2, 0.25) is 5.89 Å². The third-order valence-corrected chi connectivity index (χ3v) is 7.77. The number of rotatable bonds is 8. The van der Waals surface area contributed by atoms with Crippen molar-refractivity contribution in [1.29, 1.82) is 0 Å². The zero-order valence-electron chi connectivity index (χ0n) is 19.5. The summed E-state index contributed by atoms with van der Waals surface area (Å²) in [7, 11) is -3.52. The summed E-state index contributed by atoms with van der Waals surface area (Å²) in [5, 5.41) is 2.99. The highest BCUT2D eigenvalue weighted by Crippen LogP contribution is 2.25. The summed E-state index contributed by atoms with van der Waals surface area (Å²) in [6.45, 7) is 5.41. The highest BCUT2D eigenvalue weighted by atomic mass is 32.2. The van der Waals surface area contributed by atoms with Crippen LogP contribution in [0.4, 0.5) is 0 Å². The van der Waals surface area contributed by atoms with Crippen LogP contribution in [-0.4, -0.2) is 50.4 Å². The molecule has 0 bridgehead atoms. The molecule has 1 aliphatic heterocycles. The third-order valence-electron chi connectivity index (χ3n) is 6.13. The van der Waals surface area contributed by atoms with Crippen LogP contribution < -0.4 is 5.32 Å². The summed E-state index contributed by atoms with van der Waals surface area (Å²) in [5.74, 6) is 0.456. The lowest BCUT2D eigenvalue weighted by atomic mass is 10.1. The number of benzene rings is 2. The molecule has 0 atom stereocenters. The Kier molecular flexibility index (Phi) is 7.80. The van der Waals surface area contributed by atoms with Crippen LogP contribution in [0.3, 0.4) is 0 Å². The van der Waals surface area contributed by atoms with Gasteiger partial charge in [-0.25, -0.2) is 13.4 Å². The summed E-state index contributed by atoms with van der Waals surface area (Å²) < 4.78 is 31.1. The van der Waals surface area contributed by atoms with E-state index in [1.54, 1.807) is 61.5 Å². The summed E-state index contributed by atoms with van der Waals surface area (Å²) in [5.41, 5.74) is 1.64. The maximum absolute atomic E-state index is 12.7. The lowest BCUT2D eigenvalue weighted by Gasteiger charge is -2.19. The van der Waals surface area contributed by atoms with Crippen LogP contribution in [0, 0.1) is 6.92 Å². The average molecular weight is 482 g/mol.